The molecule has 1 N–H and O–H groups in total. The number of hydrogen-bond acceptors (Lipinski definition) is 2. The maximum Gasteiger partial charge on any atom is 0.0730 e. The molecule has 4 rings (SSSR count). The summed E-state index contributed by atoms with van der Waals surface area (Å²) in [6.07, 6.45) is 0. The van der Waals surface area contributed by atoms with Crippen LogP contribution in [0, 0.1) is 0 Å². The topological polar surface area (TPSA) is 24.9 Å². The average Bonchev–Trinajstić information content (AvgIpc) is 2.56. The van der Waals surface area contributed by atoms with Crippen LogP contribution < -0.4 is 5.32 Å². The molecule has 0 bridgehead atoms. The second kappa shape index (κ2) is 5.32. The van der Waals surface area contributed by atoms with Crippen molar-refractivity contribution in [2.75, 3.05) is 5.32 Å². The molecule has 1 aromatic heterocycles. The van der Waals surface area contributed by atoms with Crippen molar-refractivity contribution < 1.29 is 0 Å². The number of nitrogens with one attached hydrogen (secondary N) is 1. The highest BCUT2D eigenvalue weighted by Crippen LogP contribution is 2.34. The lowest BCUT2D eigenvalue weighted by molar-refractivity contribution is 1.48. The monoisotopic (exact) mass is 304 g/mol. The summed E-state index contributed by atoms with van der Waals surface area (Å²) in [5.41, 5.74) is 3.87. The highest BCUT2D eigenvalue weighted by molar-refractivity contribution is 6.33. The van der Waals surface area contributed by atoms with E-state index in [1.165, 1.54) is 0 Å². The summed E-state index contributed by atoms with van der Waals surface area (Å²) in [5.74, 6) is 0. The molecule has 106 valence electrons. The summed E-state index contributed by atoms with van der Waals surface area (Å²) in [4.78, 5) is 4.73. The van der Waals surface area contributed by atoms with Crippen molar-refractivity contribution in [3.05, 3.63) is 77.8 Å². The van der Waals surface area contributed by atoms with Crippen molar-refractivity contribution in [1.82, 2.24) is 4.98 Å². The molecule has 0 aliphatic heterocycles. The van der Waals surface area contributed by atoms with E-state index >= 15 is 0 Å². The highest BCUT2D eigenvalue weighted by atomic mass is 35.5. The second-order valence-corrected chi connectivity index (χ2v) is 5.53. The van der Waals surface area contributed by atoms with E-state index in [0.29, 0.717) is 5.02 Å². The van der Waals surface area contributed by atoms with Crippen molar-refractivity contribution >= 4 is 44.8 Å². The molecule has 0 unspecified atom stereocenters. The minimum atomic E-state index is 0.701. The lowest BCUT2D eigenvalue weighted by Gasteiger charge is -2.14. The Hall–Kier alpha value is -2.58. The number of anilines is 2. The van der Waals surface area contributed by atoms with Crippen LogP contribution in [-0.4, -0.2) is 4.98 Å². The molecule has 0 saturated carbocycles. The molecule has 0 spiro atoms. The number of pyridine rings is 1. The number of aromatic nitrogens is 1. The molecular weight excluding hydrogens is 292 g/mol. The van der Waals surface area contributed by atoms with Crippen molar-refractivity contribution in [3.63, 3.8) is 0 Å². The van der Waals surface area contributed by atoms with Gasteiger partial charge in [0, 0.05) is 10.8 Å². The molecule has 0 aliphatic rings. The van der Waals surface area contributed by atoms with Crippen molar-refractivity contribution in [2.24, 2.45) is 0 Å². The molecule has 0 amide bonds. The van der Waals surface area contributed by atoms with Gasteiger partial charge < -0.3 is 5.32 Å². The largest absolute Gasteiger partial charge is 0.353 e. The fourth-order valence-electron chi connectivity index (χ4n) is 2.67. The number of benzene rings is 3. The number of para-hydroxylation sites is 3. The molecule has 1 heterocycles. The Kier molecular flexibility index (Phi) is 3.17. The Bertz CT molecular complexity index is 925. The molecule has 0 fully saturated rings. The SMILES string of the molecule is Clc1ccccc1Nc1c2ccccc2nc2ccccc12. The molecule has 3 heteroatoms. The molecule has 0 radical (unpaired) electrons. The van der Waals surface area contributed by atoms with Crippen LogP contribution in [0.1, 0.15) is 0 Å². The number of halogens is 1. The number of nitrogens with zero attached hydrogens (tertiary/aromatic N) is 1. The third-order valence-electron chi connectivity index (χ3n) is 3.72. The Morgan fingerprint density at radius 1 is 0.682 bits per heavy atom. The molecular formula is C19H13ClN2. The lowest BCUT2D eigenvalue weighted by atomic mass is 10.1. The van der Waals surface area contributed by atoms with Crippen LogP contribution in [-0.2, 0) is 0 Å². The second-order valence-electron chi connectivity index (χ2n) is 5.13. The van der Waals surface area contributed by atoms with Crippen LogP contribution in [0.3, 0.4) is 0 Å². The van der Waals surface area contributed by atoms with E-state index in [1.807, 2.05) is 60.7 Å². The van der Waals surface area contributed by atoms with Crippen LogP contribution >= 0.6 is 11.6 Å². The van der Waals surface area contributed by atoms with Gasteiger partial charge >= 0.3 is 0 Å². The van der Waals surface area contributed by atoms with Crippen molar-refractivity contribution in [3.8, 4) is 0 Å². The minimum absolute atomic E-state index is 0.701. The fraction of sp³-hybridized carbons (Fsp3) is 0. The normalized spacial score (nSPS) is 11.0. The summed E-state index contributed by atoms with van der Waals surface area (Å²) in [7, 11) is 0. The predicted molar refractivity (Wildman–Crippen MR) is 94.0 cm³/mol. The Morgan fingerprint density at radius 2 is 1.23 bits per heavy atom. The Balaban J connectivity index is 2.02. The maximum absolute atomic E-state index is 6.30. The highest BCUT2D eigenvalue weighted by Gasteiger charge is 2.09. The van der Waals surface area contributed by atoms with Gasteiger partial charge in [0.2, 0.25) is 0 Å². The first-order valence-electron chi connectivity index (χ1n) is 7.12. The first-order chi connectivity index (χ1) is 10.8. The number of rotatable bonds is 2. The van der Waals surface area contributed by atoms with Gasteiger partial charge in [-0.3, -0.25) is 0 Å². The summed E-state index contributed by atoms with van der Waals surface area (Å²) in [5, 5.41) is 6.36. The molecule has 0 atom stereocenters. The van der Waals surface area contributed by atoms with Crippen LogP contribution in [0.4, 0.5) is 11.4 Å². The van der Waals surface area contributed by atoms with E-state index in [-0.39, 0.29) is 0 Å². The van der Waals surface area contributed by atoms with Crippen LogP contribution in [0.2, 0.25) is 5.02 Å². The summed E-state index contributed by atoms with van der Waals surface area (Å²) in [6, 6.07) is 24.0. The zero-order valence-corrected chi connectivity index (χ0v) is 12.5. The quantitative estimate of drug-likeness (QED) is 0.474. The standard InChI is InChI=1S/C19H13ClN2/c20-15-9-3-6-12-18(15)22-19-13-7-1-4-10-16(13)21-17-11-5-2-8-14(17)19/h1-12H,(H,21,22). The van der Waals surface area contributed by atoms with Crippen LogP contribution in [0.5, 0.6) is 0 Å². The lowest BCUT2D eigenvalue weighted by Crippen LogP contribution is -1.95. The van der Waals surface area contributed by atoms with Gasteiger partial charge in [-0.2, -0.15) is 0 Å². The van der Waals surface area contributed by atoms with Gasteiger partial charge in [0.25, 0.3) is 0 Å². The smallest absolute Gasteiger partial charge is 0.0730 e. The molecule has 0 saturated heterocycles. The van der Waals surface area contributed by atoms with E-state index in [9.17, 15) is 0 Å². The average molecular weight is 305 g/mol. The fourth-order valence-corrected chi connectivity index (χ4v) is 2.85. The molecule has 4 aromatic rings. The van der Waals surface area contributed by atoms with Crippen molar-refractivity contribution in [2.45, 2.75) is 0 Å². The summed E-state index contributed by atoms with van der Waals surface area (Å²) < 4.78 is 0. The van der Waals surface area contributed by atoms with Gasteiger partial charge in [-0.05, 0) is 24.3 Å². The van der Waals surface area contributed by atoms with E-state index in [2.05, 4.69) is 17.4 Å². The van der Waals surface area contributed by atoms with Gasteiger partial charge in [-0.15, -0.1) is 0 Å². The van der Waals surface area contributed by atoms with Gasteiger partial charge in [0.15, 0.2) is 0 Å². The van der Waals surface area contributed by atoms with Crippen LogP contribution in [0.25, 0.3) is 21.8 Å². The summed E-state index contributed by atoms with van der Waals surface area (Å²) in [6.45, 7) is 0. The molecule has 2 nitrogen and oxygen atoms in total. The Labute approximate surface area is 133 Å². The zero-order chi connectivity index (χ0) is 14.9. The molecule has 22 heavy (non-hydrogen) atoms. The summed E-state index contributed by atoms with van der Waals surface area (Å²) >= 11 is 6.30. The van der Waals surface area contributed by atoms with E-state index in [1.54, 1.807) is 0 Å². The van der Waals surface area contributed by atoms with Gasteiger partial charge in [0.05, 0.1) is 27.4 Å². The Morgan fingerprint density at radius 3 is 1.86 bits per heavy atom. The van der Waals surface area contributed by atoms with E-state index in [0.717, 1.165) is 33.2 Å². The van der Waals surface area contributed by atoms with E-state index < -0.39 is 0 Å². The van der Waals surface area contributed by atoms with Gasteiger partial charge in [-0.1, -0.05) is 60.1 Å². The first-order valence-corrected chi connectivity index (χ1v) is 7.50. The minimum Gasteiger partial charge on any atom is -0.353 e. The van der Waals surface area contributed by atoms with Crippen LogP contribution in [0.15, 0.2) is 72.8 Å². The number of fused-ring (bicyclic) bond motifs is 2. The predicted octanol–water partition coefficient (Wildman–Crippen LogP) is 5.79. The number of hydrogen-bond donors (Lipinski definition) is 1. The van der Waals surface area contributed by atoms with Gasteiger partial charge in [0.1, 0.15) is 0 Å². The molecule has 0 aliphatic carbocycles. The molecule has 3 aromatic carbocycles. The van der Waals surface area contributed by atoms with E-state index in [4.69, 9.17) is 16.6 Å². The maximum atomic E-state index is 6.30. The van der Waals surface area contributed by atoms with Gasteiger partial charge in [-0.25, -0.2) is 4.98 Å². The van der Waals surface area contributed by atoms with Crippen molar-refractivity contribution in [1.29, 1.82) is 0 Å². The first kappa shape index (κ1) is 13.1. The third kappa shape index (κ3) is 2.18. The third-order valence-corrected chi connectivity index (χ3v) is 4.05. The zero-order valence-electron chi connectivity index (χ0n) is 11.8.